The minimum Gasteiger partial charge on any atom is -0.406 e. The Balaban J connectivity index is 2.30. The second-order valence-electron chi connectivity index (χ2n) is 4.23. The van der Waals surface area contributed by atoms with Crippen LogP contribution < -0.4 is 4.74 Å². The van der Waals surface area contributed by atoms with E-state index in [4.69, 9.17) is 11.6 Å². The van der Waals surface area contributed by atoms with Gasteiger partial charge in [0.05, 0.1) is 0 Å². The van der Waals surface area contributed by atoms with Gasteiger partial charge in [-0.1, -0.05) is 39.7 Å². The fourth-order valence-electron chi connectivity index (χ4n) is 1.81. The van der Waals surface area contributed by atoms with Gasteiger partial charge in [0.1, 0.15) is 11.9 Å². The molecule has 2 rings (SSSR count). The number of ether oxygens (including phenoxy) is 1. The Kier molecular flexibility index (Phi) is 4.81. The molecular weight excluding hydrogens is 373 g/mol. The van der Waals surface area contributed by atoms with Crippen molar-refractivity contribution in [3.63, 3.8) is 0 Å². The van der Waals surface area contributed by atoms with Crippen molar-refractivity contribution in [2.45, 2.75) is 12.5 Å². The first-order valence-electron chi connectivity index (χ1n) is 5.74. The molecule has 21 heavy (non-hydrogen) atoms. The van der Waals surface area contributed by atoms with Gasteiger partial charge in [-0.05, 0) is 41.5 Å². The summed E-state index contributed by atoms with van der Waals surface area (Å²) >= 11 is 9.12. The summed E-state index contributed by atoms with van der Waals surface area (Å²) in [7, 11) is 0. The van der Waals surface area contributed by atoms with Crippen LogP contribution in [0, 0.1) is 0 Å². The molecular formula is C14H9BrClF3O2. The van der Waals surface area contributed by atoms with Gasteiger partial charge in [0.25, 0.3) is 0 Å². The largest absolute Gasteiger partial charge is 0.573 e. The number of hydrogen-bond acceptors (Lipinski definition) is 2. The maximum atomic E-state index is 12.2. The average Bonchev–Trinajstić information content (AvgIpc) is 2.35. The van der Waals surface area contributed by atoms with Crippen LogP contribution in [0.15, 0.2) is 46.9 Å². The Labute approximate surface area is 132 Å². The summed E-state index contributed by atoms with van der Waals surface area (Å²) < 4.78 is 41.1. The summed E-state index contributed by atoms with van der Waals surface area (Å²) in [6, 6.07) is 9.98. The third-order valence-electron chi connectivity index (χ3n) is 2.61. The van der Waals surface area contributed by atoms with E-state index in [2.05, 4.69) is 20.7 Å². The molecule has 0 saturated carbocycles. The Bertz CT molecular complexity index is 626. The van der Waals surface area contributed by atoms with E-state index >= 15 is 0 Å². The van der Waals surface area contributed by atoms with E-state index in [1.807, 2.05) is 0 Å². The van der Waals surface area contributed by atoms with Crippen molar-refractivity contribution in [1.29, 1.82) is 0 Å². The molecule has 0 aliphatic carbocycles. The number of alkyl halides is 3. The Morgan fingerprint density at radius 1 is 1.10 bits per heavy atom. The predicted molar refractivity (Wildman–Crippen MR) is 76.3 cm³/mol. The maximum absolute atomic E-state index is 12.2. The summed E-state index contributed by atoms with van der Waals surface area (Å²) in [5, 5.41) is 10.7. The Hall–Kier alpha value is -1.24. The molecule has 0 heterocycles. The summed E-state index contributed by atoms with van der Waals surface area (Å²) in [6.45, 7) is 0. The predicted octanol–water partition coefficient (Wildman–Crippen LogP) is 5.08. The molecule has 2 nitrogen and oxygen atoms in total. The highest BCUT2D eigenvalue weighted by atomic mass is 79.9. The van der Waals surface area contributed by atoms with Gasteiger partial charge in [-0.25, -0.2) is 0 Å². The first-order valence-corrected chi connectivity index (χ1v) is 6.91. The van der Waals surface area contributed by atoms with Gasteiger partial charge < -0.3 is 9.84 Å². The molecule has 0 radical (unpaired) electrons. The van der Waals surface area contributed by atoms with Crippen molar-refractivity contribution in [3.05, 3.63) is 63.1 Å². The third-order valence-corrected chi connectivity index (χ3v) is 3.28. The van der Waals surface area contributed by atoms with Crippen LogP contribution in [0.2, 0.25) is 5.02 Å². The molecule has 7 heteroatoms. The normalized spacial score (nSPS) is 13.0. The van der Waals surface area contributed by atoms with Crippen molar-refractivity contribution >= 4 is 27.5 Å². The van der Waals surface area contributed by atoms with Gasteiger partial charge in [0, 0.05) is 9.50 Å². The van der Waals surface area contributed by atoms with Crippen LogP contribution in [-0.2, 0) is 0 Å². The van der Waals surface area contributed by atoms with Crippen LogP contribution in [-0.4, -0.2) is 11.5 Å². The van der Waals surface area contributed by atoms with Crippen LogP contribution in [0.25, 0.3) is 0 Å². The second-order valence-corrected chi connectivity index (χ2v) is 5.58. The van der Waals surface area contributed by atoms with Crippen LogP contribution in [0.5, 0.6) is 5.75 Å². The first-order chi connectivity index (χ1) is 9.74. The van der Waals surface area contributed by atoms with Crippen molar-refractivity contribution in [3.8, 4) is 5.75 Å². The van der Waals surface area contributed by atoms with Crippen LogP contribution in [0.1, 0.15) is 17.2 Å². The molecule has 0 amide bonds. The summed E-state index contributed by atoms with van der Waals surface area (Å²) in [6.07, 6.45) is -5.89. The van der Waals surface area contributed by atoms with Crippen LogP contribution in [0.4, 0.5) is 13.2 Å². The van der Waals surface area contributed by atoms with Gasteiger partial charge in [0.15, 0.2) is 0 Å². The molecule has 1 unspecified atom stereocenters. The molecule has 0 aliphatic rings. The van der Waals surface area contributed by atoms with Crippen molar-refractivity contribution < 1.29 is 23.0 Å². The standard InChI is InChI=1S/C14H9BrClF3O2/c15-10-4-9(5-11(16)7-10)13(20)8-2-1-3-12(6-8)21-14(17,18)19/h1-7,13,20H. The minimum atomic E-state index is -4.78. The molecule has 0 saturated heterocycles. The van der Waals surface area contributed by atoms with Gasteiger partial charge in [0.2, 0.25) is 0 Å². The van der Waals surface area contributed by atoms with Gasteiger partial charge >= 0.3 is 6.36 Å². The van der Waals surface area contributed by atoms with E-state index < -0.39 is 12.5 Å². The van der Waals surface area contributed by atoms with E-state index in [9.17, 15) is 18.3 Å². The lowest BCUT2D eigenvalue weighted by Crippen LogP contribution is -2.17. The monoisotopic (exact) mass is 380 g/mol. The molecule has 1 atom stereocenters. The number of benzene rings is 2. The fourth-order valence-corrected chi connectivity index (χ4v) is 2.69. The van der Waals surface area contributed by atoms with Crippen LogP contribution in [0.3, 0.4) is 0 Å². The van der Waals surface area contributed by atoms with E-state index in [0.29, 0.717) is 15.1 Å². The topological polar surface area (TPSA) is 29.5 Å². The highest BCUT2D eigenvalue weighted by Crippen LogP contribution is 2.31. The molecule has 0 aromatic heterocycles. The van der Waals surface area contributed by atoms with Crippen molar-refractivity contribution in [2.75, 3.05) is 0 Å². The molecule has 0 bridgehead atoms. The van der Waals surface area contributed by atoms with Gasteiger partial charge in [-0.15, -0.1) is 13.2 Å². The average molecular weight is 382 g/mol. The van der Waals surface area contributed by atoms with E-state index in [1.165, 1.54) is 18.2 Å². The fraction of sp³-hybridized carbons (Fsp3) is 0.143. The number of aliphatic hydroxyl groups is 1. The zero-order chi connectivity index (χ0) is 15.6. The quantitative estimate of drug-likeness (QED) is 0.803. The molecule has 2 aromatic rings. The number of halogens is 5. The maximum Gasteiger partial charge on any atom is 0.573 e. The summed E-state index contributed by atoms with van der Waals surface area (Å²) in [4.78, 5) is 0. The Morgan fingerprint density at radius 2 is 1.81 bits per heavy atom. The third kappa shape index (κ3) is 4.62. The lowest BCUT2D eigenvalue weighted by molar-refractivity contribution is -0.274. The van der Waals surface area contributed by atoms with Gasteiger partial charge in [-0.2, -0.15) is 0 Å². The molecule has 2 aromatic carbocycles. The van der Waals surface area contributed by atoms with Crippen molar-refractivity contribution in [2.24, 2.45) is 0 Å². The second kappa shape index (κ2) is 6.25. The number of rotatable bonds is 3. The van der Waals surface area contributed by atoms with E-state index in [0.717, 1.165) is 12.1 Å². The Morgan fingerprint density at radius 3 is 2.43 bits per heavy atom. The zero-order valence-electron chi connectivity index (χ0n) is 10.4. The molecule has 112 valence electrons. The summed E-state index contributed by atoms with van der Waals surface area (Å²) in [5.74, 6) is -0.389. The lowest BCUT2D eigenvalue weighted by Gasteiger charge is -2.14. The number of aliphatic hydroxyl groups excluding tert-OH is 1. The molecule has 0 fully saturated rings. The van der Waals surface area contributed by atoms with Gasteiger partial charge in [-0.3, -0.25) is 0 Å². The zero-order valence-corrected chi connectivity index (χ0v) is 12.7. The van der Waals surface area contributed by atoms with E-state index in [1.54, 1.807) is 12.1 Å². The van der Waals surface area contributed by atoms with Crippen molar-refractivity contribution in [1.82, 2.24) is 0 Å². The smallest absolute Gasteiger partial charge is 0.406 e. The summed E-state index contributed by atoms with van der Waals surface area (Å²) in [5.41, 5.74) is 0.726. The molecule has 1 N–H and O–H groups in total. The number of hydrogen-bond donors (Lipinski definition) is 1. The first kappa shape index (κ1) is 16.1. The van der Waals surface area contributed by atoms with Crippen LogP contribution >= 0.6 is 27.5 Å². The molecule has 0 spiro atoms. The highest BCUT2D eigenvalue weighted by Gasteiger charge is 2.31. The minimum absolute atomic E-state index is 0.269. The SMILES string of the molecule is OC(c1cc(Cl)cc(Br)c1)c1cccc(OC(F)(F)F)c1. The lowest BCUT2D eigenvalue weighted by atomic mass is 10.0. The highest BCUT2D eigenvalue weighted by molar-refractivity contribution is 9.10. The molecule has 0 aliphatic heterocycles. The van der Waals surface area contributed by atoms with E-state index in [-0.39, 0.29) is 11.3 Å².